The molecular formula is C10H8N2O3. The summed E-state index contributed by atoms with van der Waals surface area (Å²) in [5.41, 5.74) is 0.667. The van der Waals surface area contributed by atoms with E-state index in [2.05, 4.69) is 10.2 Å². The Morgan fingerprint density at radius 2 is 2.13 bits per heavy atom. The topological polar surface area (TPSA) is 65.2 Å². The number of aldehydes is 1. The second kappa shape index (κ2) is 3.91. The normalized spacial score (nSPS) is 9.93. The third-order valence-electron chi connectivity index (χ3n) is 1.88. The summed E-state index contributed by atoms with van der Waals surface area (Å²) in [4.78, 5) is 10.4. The van der Waals surface area contributed by atoms with E-state index < -0.39 is 0 Å². The Kier molecular flexibility index (Phi) is 2.45. The molecule has 0 amide bonds. The summed E-state index contributed by atoms with van der Waals surface area (Å²) in [5.74, 6) is 0.851. The van der Waals surface area contributed by atoms with Crippen LogP contribution < -0.4 is 4.74 Å². The molecule has 0 bridgehead atoms. The molecule has 15 heavy (non-hydrogen) atoms. The quantitative estimate of drug-likeness (QED) is 0.710. The van der Waals surface area contributed by atoms with Gasteiger partial charge in [-0.15, -0.1) is 10.2 Å². The Hall–Kier alpha value is -2.17. The number of nitrogens with zero attached hydrogens (tertiary/aromatic N) is 2. The number of aromatic nitrogens is 2. The number of para-hydroxylation sites is 1. The molecule has 5 heteroatoms. The number of carbonyl (C=O) groups is 1. The highest BCUT2D eigenvalue weighted by molar-refractivity contribution is 5.69. The summed E-state index contributed by atoms with van der Waals surface area (Å²) in [6, 6.07) is 7.21. The van der Waals surface area contributed by atoms with E-state index in [4.69, 9.17) is 9.15 Å². The zero-order valence-corrected chi connectivity index (χ0v) is 8.01. The molecule has 0 spiro atoms. The average molecular weight is 204 g/mol. The predicted octanol–water partition coefficient (Wildman–Crippen LogP) is 1.56. The SMILES string of the molecule is COc1ccccc1-c1nnc(C=O)o1. The van der Waals surface area contributed by atoms with Gasteiger partial charge in [0.2, 0.25) is 6.29 Å². The van der Waals surface area contributed by atoms with Crippen LogP contribution in [0.4, 0.5) is 0 Å². The van der Waals surface area contributed by atoms with Crippen molar-refractivity contribution in [1.82, 2.24) is 10.2 Å². The monoisotopic (exact) mass is 204 g/mol. The molecule has 2 aromatic rings. The van der Waals surface area contributed by atoms with E-state index in [1.807, 2.05) is 12.1 Å². The first-order valence-electron chi connectivity index (χ1n) is 4.27. The minimum absolute atomic E-state index is 0.0455. The molecule has 5 nitrogen and oxygen atoms in total. The molecule has 0 unspecified atom stereocenters. The maximum Gasteiger partial charge on any atom is 0.280 e. The van der Waals surface area contributed by atoms with Crippen LogP contribution in [0.2, 0.25) is 0 Å². The van der Waals surface area contributed by atoms with E-state index in [0.717, 1.165) is 0 Å². The first-order chi connectivity index (χ1) is 7.35. The number of carbonyl (C=O) groups excluding carboxylic acids is 1. The van der Waals surface area contributed by atoms with E-state index in [1.165, 1.54) is 0 Å². The number of benzene rings is 1. The van der Waals surface area contributed by atoms with Gasteiger partial charge in [-0.1, -0.05) is 12.1 Å². The van der Waals surface area contributed by atoms with Crippen molar-refractivity contribution in [2.45, 2.75) is 0 Å². The Bertz CT molecular complexity index is 479. The lowest BCUT2D eigenvalue weighted by atomic mass is 10.2. The van der Waals surface area contributed by atoms with Gasteiger partial charge in [0, 0.05) is 0 Å². The highest BCUT2D eigenvalue weighted by atomic mass is 16.5. The van der Waals surface area contributed by atoms with E-state index >= 15 is 0 Å². The summed E-state index contributed by atoms with van der Waals surface area (Å²) in [7, 11) is 1.55. The molecule has 1 heterocycles. The van der Waals surface area contributed by atoms with Crippen molar-refractivity contribution >= 4 is 6.29 Å². The van der Waals surface area contributed by atoms with Gasteiger partial charge >= 0.3 is 0 Å². The molecule has 0 saturated heterocycles. The lowest BCUT2D eigenvalue weighted by molar-refractivity contribution is 0.109. The average Bonchev–Trinajstić information content (AvgIpc) is 2.77. The number of methoxy groups -OCH3 is 1. The molecule has 0 aliphatic rings. The second-order valence-corrected chi connectivity index (χ2v) is 2.76. The van der Waals surface area contributed by atoms with Gasteiger partial charge < -0.3 is 9.15 Å². The summed E-state index contributed by atoms with van der Waals surface area (Å²) in [6.45, 7) is 0. The number of ether oxygens (including phenoxy) is 1. The van der Waals surface area contributed by atoms with Crippen LogP contribution in [0.3, 0.4) is 0 Å². The van der Waals surface area contributed by atoms with Gasteiger partial charge in [0.05, 0.1) is 12.7 Å². The van der Waals surface area contributed by atoms with E-state index in [1.54, 1.807) is 19.2 Å². The highest BCUT2D eigenvalue weighted by Crippen LogP contribution is 2.27. The van der Waals surface area contributed by atoms with Gasteiger partial charge in [0.15, 0.2) is 0 Å². The molecule has 76 valence electrons. The third kappa shape index (κ3) is 1.71. The van der Waals surface area contributed by atoms with E-state index in [0.29, 0.717) is 17.6 Å². The summed E-state index contributed by atoms with van der Waals surface area (Å²) < 4.78 is 10.2. The summed E-state index contributed by atoms with van der Waals surface area (Å²) in [5, 5.41) is 7.28. The zero-order valence-electron chi connectivity index (χ0n) is 8.01. The van der Waals surface area contributed by atoms with Crippen LogP contribution >= 0.6 is 0 Å². The van der Waals surface area contributed by atoms with Crippen LogP contribution in [0.5, 0.6) is 5.75 Å². The van der Waals surface area contributed by atoms with Crippen molar-refractivity contribution < 1.29 is 13.9 Å². The van der Waals surface area contributed by atoms with Gasteiger partial charge in [-0.25, -0.2) is 0 Å². The van der Waals surface area contributed by atoms with Crippen molar-refractivity contribution in [3.05, 3.63) is 30.2 Å². The molecule has 2 rings (SSSR count). The van der Waals surface area contributed by atoms with Crippen LogP contribution in [0, 0.1) is 0 Å². The first-order valence-corrected chi connectivity index (χ1v) is 4.27. The number of hydrogen-bond acceptors (Lipinski definition) is 5. The van der Waals surface area contributed by atoms with Gasteiger partial charge in [0.1, 0.15) is 5.75 Å². The van der Waals surface area contributed by atoms with Crippen LogP contribution in [-0.2, 0) is 0 Å². The van der Waals surface area contributed by atoms with E-state index in [9.17, 15) is 4.79 Å². The van der Waals surface area contributed by atoms with Crippen molar-refractivity contribution in [2.75, 3.05) is 7.11 Å². The third-order valence-corrected chi connectivity index (χ3v) is 1.88. The number of hydrogen-bond donors (Lipinski definition) is 0. The fraction of sp³-hybridized carbons (Fsp3) is 0.100. The Labute approximate surface area is 85.7 Å². The van der Waals surface area contributed by atoms with Crippen molar-refractivity contribution in [2.24, 2.45) is 0 Å². The molecule has 1 aromatic heterocycles. The van der Waals surface area contributed by atoms with Gasteiger partial charge in [-0.3, -0.25) is 4.79 Å². The standard InChI is InChI=1S/C10H8N2O3/c1-14-8-5-3-2-4-7(8)10-12-11-9(6-13)15-10/h2-6H,1H3. The minimum atomic E-state index is -0.0455. The van der Waals surface area contributed by atoms with E-state index in [-0.39, 0.29) is 11.8 Å². The lowest BCUT2D eigenvalue weighted by Gasteiger charge is -2.02. The highest BCUT2D eigenvalue weighted by Gasteiger charge is 2.11. The predicted molar refractivity (Wildman–Crippen MR) is 51.7 cm³/mol. The summed E-state index contributed by atoms with van der Waals surface area (Å²) >= 11 is 0. The van der Waals surface area contributed by atoms with Gasteiger partial charge in [-0.2, -0.15) is 0 Å². The van der Waals surface area contributed by atoms with Gasteiger partial charge in [-0.05, 0) is 12.1 Å². The molecule has 0 radical (unpaired) electrons. The van der Waals surface area contributed by atoms with Gasteiger partial charge in [0.25, 0.3) is 11.8 Å². The lowest BCUT2D eigenvalue weighted by Crippen LogP contribution is -1.87. The number of rotatable bonds is 3. The molecule has 0 N–H and O–H groups in total. The van der Waals surface area contributed by atoms with Crippen molar-refractivity contribution in [1.29, 1.82) is 0 Å². The minimum Gasteiger partial charge on any atom is -0.496 e. The van der Waals surface area contributed by atoms with Crippen LogP contribution in [0.15, 0.2) is 28.7 Å². The Morgan fingerprint density at radius 3 is 2.80 bits per heavy atom. The first kappa shape index (κ1) is 9.39. The molecule has 1 aromatic carbocycles. The van der Waals surface area contributed by atoms with Crippen LogP contribution in [0.25, 0.3) is 11.5 Å². The molecule has 0 saturated carbocycles. The van der Waals surface area contributed by atoms with Crippen LogP contribution in [0.1, 0.15) is 10.7 Å². The molecule has 0 atom stereocenters. The Balaban J connectivity index is 2.48. The fourth-order valence-electron chi connectivity index (χ4n) is 1.21. The van der Waals surface area contributed by atoms with Crippen LogP contribution in [-0.4, -0.2) is 23.6 Å². The molecule has 0 fully saturated rings. The largest absolute Gasteiger partial charge is 0.496 e. The molecular weight excluding hydrogens is 196 g/mol. The second-order valence-electron chi connectivity index (χ2n) is 2.76. The Morgan fingerprint density at radius 1 is 1.33 bits per heavy atom. The van der Waals surface area contributed by atoms with Crippen molar-refractivity contribution in [3.8, 4) is 17.2 Å². The molecule has 0 aliphatic carbocycles. The fourth-order valence-corrected chi connectivity index (χ4v) is 1.21. The molecule has 0 aliphatic heterocycles. The maximum atomic E-state index is 10.4. The zero-order chi connectivity index (χ0) is 10.7. The smallest absolute Gasteiger partial charge is 0.280 e. The summed E-state index contributed by atoms with van der Waals surface area (Å²) in [6.07, 6.45) is 0.506. The maximum absolute atomic E-state index is 10.4. The van der Waals surface area contributed by atoms with Crippen molar-refractivity contribution in [3.63, 3.8) is 0 Å².